The third-order valence-corrected chi connectivity index (χ3v) is 3.69. The molecule has 0 unspecified atom stereocenters. The van der Waals surface area contributed by atoms with Gasteiger partial charge in [-0.1, -0.05) is 6.07 Å². The van der Waals surface area contributed by atoms with Gasteiger partial charge in [0.05, 0.1) is 31.8 Å². The van der Waals surface area contributed by atoms with Crippen LogP contribution < -0.4 is 19.5 Å². The van der Waals surface area contributed by atoms with Crippen molar-refractivity contribution in [2.24, 2.45) is 0 Å². The molecular weight excluding hydrogens is 384 g/mol. The summed E-state index contributed by atoms with van der Waals surface area (Å²) in [6, 6.07) is 8.82. The monoisotopic (exact) mass is 404 g/mol. The lowest BCUT2D eigenvalue weighted by Gasteiger charge is -2.12. The highest BCUT2D eigenvalue weighted by Crippen LogP contribution is 2.35. The Bertz CT molecular complexity index is 913. The van der Waals surface area contributed by atoms with E-state index in [1.807, 2.05) is 0 Å². The van der Waals surface area contributed by atoms with Crippen LogP contribution in [0, 0.1) is 10.1 Å². The summed E-state index contributed by atoms with van der Waals surface area (Å²) in [6.45, 7) is 1.32. The topological polar surface area (TPSA) is 126 Å². The van der Waals surface area contributed by atoms with Crippen LogP contribution >= 0.6 is 0 Å². The number of methoxy groups -OCH3 is 2. The van der Waals surface area contributed by atoms with E-state index in [2.05, 4.69) is 5.32 Å². The Hall–Kier alpha value is -3.82. The van der Waals surface area contributed by atoms with Gasteiger partial charge in [0.15, 0.2) is 18.1 Å². The van der Waals surface area contributed by atoms with Gasteiger partial charge in [0, 0.05) is 17.8 Å². The van der Waals surface area contributed by atoms with Gasteiger partial charge in [-0.25, -0.2) is 4.79 Å². The highest BCUT2D eigenvalue weighted by atomic mass is 16.6. The number of nitrogens with one attached hydrogen (secondary N) is 1. The first-order valence-electron chi connectivity index (χ1n) is 8.49. The summed E-state index contributed by atoms with van der Waals surface area (Å²) in [5.74, 6) is -0.873. The number of nitro groups is 1. The molecule has 2 aromatic rings. The highest BCUT2D eigenvalue weighted by molar-refractivity contribution is 5.98. The number of ether oxygens (including phenoxy) is 4. The predicted molar refractivity (Wildman–Crippen MR) is 103 cm³/mol. The van der Waals surface area contributed by atoms with Crippen molar-refractivity contribution in [2.75, 3.05) is 32.8 Å². The maximum atomic E-state index is 12.3. The van der Waals surface area contributed by atoms with Crippen molar-refractivity contribution in [1.82, 2.24) is 0 Å². The number of carbonyl (C=O) groups is 2. The van der Waals surface area contributed by atoms with E-state index in [-0.39, 0.29) is 23.7 Å². The van der Waals surface area contributed by atoms with Gasteiger partial charge >= 0.3 is 5.97 Å². The van der Waals surface area contributed by atoms with Crippen molar-refractivity contribution in [3.8, 4) is 17.2 Å². The van der Waals surface area contributed by atoms with Crippen LogP contribution in [0.15, 0.2) is 36.4 Å². The molecule has 0 aliphatic heterocycles. The summed E-state index contributed by atoms with van der Waals surface area (Å²) in [5.41, 5.74) is -0.434. The molecule has 1 N–H and O–H groups in total. The molecule has 2 rings (SSSR count). The van der Waals surface area contributed by atoms with Gasteiger partial charge in [-0.3, -0.25) is 14.9 Å². The van der Waals surface area contributed by atoms with Crippen molar-refractivity contribution in [3.05, 3.63) is 52.1 Å². The van der Waals surface area contributed by atoms with E-state index in [0.717, 1.165) is 12.1 Å². The normalized spacial score (nSPS) is 10.0. The number of hydrogen-bond acceptors (Lipinski definition) is 8. The zero-order valence-corrected chi connectivity index (χ0v) is 16.1. The minimum absolute atomic E-state index is 0.119. The third-order valence-electron chi connectivity index (χ3n) is 3.69. The second-order valence-corrected chi connectivity index (χ2v) is 5.57. The fourth-order valence-corrected chi connectivity index (χ4v) is 2.40. The molecule has 0 saturated heterocycles. The number of rotatable bonds is 9. The number of hydrogen-bond donors (Lipinski definition) is 1. The number of nitrogens with zero attached hydrogens (tertiary/aromatic N) is 1. The first-order valence-corrected chi connectivity index (χ1v) is 8.49. The Balaban J connectivity index is 2.12. The van der Waals surface area contributed by atoms with E-state index in [0.29, 0.717) is 11.4 Å². The fraction of sp³-hybridized carbons (Fsp3) is 0.263. The highest BCUT2D eigenvalue weighted by Gasteiger charge is 2.26. The van der Waals surface area contributed by atoms with Crippen LogP contribution in [0.2, 0.25) is 0 Å². The molecule has 0 aliphatic carbocycles. The molecule has 10 nitrogen and oxygen atoms in total. The second kappa shape index (κ2) is 9.93. The average molecular weight is 404 g/mol. The molecule has 0 aromatic heterocycles. The zero-order valence-electron chi connectivity index (χ0n) is 16.1. The third kappa shape index (κ3) is 5.58. The van der Waals surface area contributed by atoms with Gasteiger partial charge in [0.25, 0.3) is 11.6 Å². The van der Waals surface area contributed by atoms with Gasteiger partial charge in [-0.2, -0.15) is 0 Å². The van der Waals surface area contributed by atoms with Gasteiger partial charge in [-0.15, -0.1) is 0 Å². The molecule has 10 heteroatoms. The van der Waals surface area contributed by atoms with Crippen molar-refractivity contribution in [2.45, 2.75) is 6.92 Å². The largest absolute Gasteiger partial charge is 0.497 e. The first-order chi connectivity index (χ1) is 13.9. The molecule has 0 radical (unpaired) electrons. The quantitative estimate of drug-likeness (QED) is 0.384. The molecule has 29 heavy (non-hydrogen) atoms. The minimum atomic E-state index is -1.04. The fourth-order valence-electron chi connectivity index (χ4n) is 2.40. The Morgan fingerprint density at radius 3 is 2.48 bits per heavy atom. The van der Waals surface area contributed by atoms with E-state index in [4.69, 9.17) is 18.9 Å². The Morgan fingerprint density at radius 1 is 1.10 bits per heavy atom. The van der Waals surface area contributed by atoms with Crippen LogP contribution in [-0.2, 0) is 9.53 Å². The van der Waals surface area contributed by atoms with Gasteiger partial charge in [0.1, 0.15) is 11.3 Å². The Kier molecular flexibility index (Phi) is 7.35. The van der Waals surface area contributed by atoms with E-state index < -0.39 is 29.1 Å². The van der Waals surface area contributed by atoms with Crippen molar-refractivity contribution < 1.29 is 33.5 Å². The Labute approximate surface area is 166 Å². The lowest BCUT2D eigenvalue weighted by atomic mass is 10.1. The summed E-state index contributed by atoms with van der Waals surface area (Å²) in [6.07, 6.45) is 0. The molecule has 154 valence electrons. The standard InChI is InChI=1S/C19H20N2O8/c1-4-28-17-10-15(21(24)25)14(9-16(17)27-3)19(23)29-11-18(22)20-12-6-5-7-13(8-12)26-2/h5-10H,4,11H2,1-3H3,(H,20,22). The van der Waals surface area contributed by atoms with Gasteiger partial charge in [0.2, 0.25) is 0 Å². The van der Waals surface area contributed by atoms with Crippen LogP contribution in [0.1, 0.15) is 17.3 Å². The maximum Gasteiger partial charge on any atom is 0.345 e. The summed E-state index contributed by atoms with van der Waals surface area (Å²) >= 11 is 0. The number of benzene rings is 2. The summed E-state index contributed by atoms with van der Waals surface area (Å²) in [7, 11) is 2.82. The van der Waals surface area contributed by atoms with Crippen LogP contribution in [0.4, 0.5) is 11.4 Å². The summed E-state index contributed by atoms with van der Waals surface area (Å²) in [4.78, 5) is 35.0. The molecule has 0 bridgehead atoms. The SMILES string of the molecule is CCOc1cc([N+](=O)[O-])c(C(=O)OCC(=O)Nc2cccc(OC)c2)cc1OC. The van der Waals surface area contributed by atoms with E-state index in [1.165, 1.54) is 14.2 Å². The van der Waals surface area contributed by atoms with E-state index >= 15 is 0 Å². The maximum absolute atomic E-state index is 12.3. The smallest absolute Gasteiger partial charge is 0.345 e. The number of anilines is 1. The molecule has 2 aromatic carbocycles. The molecular formula is C19H20N2O8. The number of nitro benzene ring substituents is 1. The van der Waals surface area contributed by atoms with Crippen LogP contribution in [0.3, 0.4) is 0 Å². The van der Waals surface area contributed by atoms with Crippen LogP contribution in [0.5, 0.6) is 17.2 Å². The average Bonchev–Trinajstić information content (AvgIpc) is 2.71. The molecule has 0 fully saturated rings. The minimum Gasteiger partial charge on any atom is -0.497 e. The Morgan fingerprint density at radius 2 is 1.86 bits per heavy atom. The lowest BCUT2D eigenvalue weighted by molar-refractivity contribution is -0.385. The van der Waals surface area contributed by atoms with E-state index in [1.54, 1.807) is 31.2 Å². The molecule has 0 spiro atoms. The molecule has 1 amide bonds. The van der Waals surface area contributed by atoms with Crippen molar-refractivity contribution >= 4 is 23.3 Å². The summed E-state index contributed by atoms with van der Waals surface area (Å²) < 4.78 is 20.4. The van der Waals surface area contributed by atoms with Crippen LogP contribution in [0.25, 0.3) is 0 Å². The second-order valence-electron chi connectivity index (χ2n) is 5.57. The first kappa shape index (κ1) is 21.5. The van der Waals surface area contributed by atoms with Gasteiger partial charge in [-0.05, 0) is 19.1 Å². The molecule has 0 aliphatic rings. The number of amides is 1. The number of carbonyl (C=O) groups excluding carboxylic acids is 2. The molecule has 0 atom stereocenters. The van der Waals surface area contributed by atoms with E-state index in [9.17, 15) is 19.7 Å². The van der Waals surface area contributed by atoms with Gasteiger partial charge < -0.3 is 24.3 Å². The molecule has 0 saturated carbocycles. The van der Waals surface area contributed by atoms with Crippen molar-refractivity contribution in [1.29, 1.82) is 0 Å². The summed E-state index contributed by atoms with van der Waals surface area (Å²) in [5, 5.41) is 13.9. The molecule has 0 heterocycles. The predicted octanol–water partition coefficient (Wildman–Crippen LogP) is 2.81. The van der Waals surface area contributed by atoms with Crippen LogP contribution in [-0.4, -0.2) is 44.2 Å². The number of esters is 1. The lowest BCUT2D eigenvalue weighted by Crippen LogP contribution is -2.21. The van der Waals surface area contributed by atoms with Crippen molar-refractivity contribution in [3.63, 3.8) is 0 Å². The zero-order chi connectivity index (χ0) is 21.4.